The first kappa shape index (κ1) is 22.0. The molecule has 9 heteroatoms. The summed E-state index contributed by atoms with van der Waals surface area (Å²) in [5.41, 5.74) is 0.835. The topological polar surface area (TPSA) is 96.2 Å². The lowest BCUT2D eigenvalue weighted by Crippen LogP contribution is -2.13. The van der Waals surface area contributed by atoms with E-state index in [1.165, 1.54) is 52.7 Å². The highest BCUT2D eigenvalue weighted by molar-refractivity contribution is 6.31. The van der Waals surface area contributed by atoms with Crippen LogP contribution in [0.4, 0.5) is 5.69 Å². The Morgan fingerprint density at radius 2 is 1.61 bits per heavy atom. The van der Waals surface area contributed by atoms with Crippen LogP contribution in [0.1, 0.15) is 16.1 Å². The Balaban J connectivity index is 1.87. The van der Waals surface area contributed by atoms with Gasteiger partial charge in [0.25, 0.3) is 0 Å². The van der Waals surface area contributed by atoms with Crippen molar-refractivity contribution in [2.75, 3.05) is 33.8 Å². The minimum atomic E-state index is -0.638. The molecule has 1 heterocycles. The molecular formula is C22H20ClNO7. The molecular weight excluding hydrogens is 426 g/mol. The fourth-order valence-electron chi connectivity index (χ4n) is 2.93. The van der Waals surface area contributed by atoms with E-state index in [2.05, 4.69) is 5.32 Å². The van der Waals surface area contributed by atoms with Crippen LogP contribution in [0.15, 0.2) is 40.8 Å². The third-order valence-corrected chi connectivity index (χ3v) is 4.59. The van der Waals surface area contributed by atoms with E-state index in [9.17, 15) is 9.59 Å². The molecule has 0 unspecified atom stereocenters. The van der Waals surface area contributed by atoms with Crippen LogP contribution in [0.5, 0.6) is 17.2 Å². The molecule has 0 atom stereocenters. The number of furan rings is 1. The molecule has 8 nitrogen and oxygen atoms in total. The highest BCUT2D eigenvalue weighted by Gasteiger charge is 2.18. The number of anilines is 1. The first-order chi connectivity index (χ1) is 14.9. The van der Waals surface area contributed by atoms with E-state index in [-0.39, 0.29) is 11.3 Å². The lowest BCUT2D eigenvalue weighted by Gasteiger charge is -2.13. The zero-order chi connectivity index (χ0) is 22.5. The molecule has 31 heavy (non-hydrogen) atoms. The number of ether oxygens (including phenoxy) is 4. The number of esters is 1. The van der Waals surface area contributed by atoms with Gasteiger partial charge in [0.15, 0.2) is 22.8 Å². The highest BCUT2D eigenvalue weighted by Crippen LogP contribution is 2.34. The van der Waals surface area contributed by atoms with Crippen molar-refractivity contribution >= 4 is 46.2 Å². The van der Waals surface area contributed by atoms with Gasteiger partial charge in [-0.05, 0) is 18.2 Å². The van der Waals surface area contributed by atoms with Gasteiger partial charge in [-0.2, -0.15) is 0 Å². The minimum Gasteiger partial charge on any atom is -0.493 e. The average Bonchev–Trinajstić information content (AvgIpc) is 3.18. The van der Waals surface area contributed by atoms with E-state index in [1.807, 2.05) is 0 Å². The second-order valence-electron chi connectivity index (χ2n) is 6.24. The zero-order valence-electron chi connectivity index (χ0n) is 17.3. The van der Waals surface area contributed by atoms with Crippen molar-refractivity contribution in [3.05, 3.63) is 52.8 Å². The van der Waals surface area contributed by atoms with Crippen LogP contribution in [0.25, 0.3) is 17.0 Å². The average molecular weight is 446 g/mol. The van der Waals surface area contributed by atoms with Gasteiger partial charge < -0.3 is 28.7 Å². The number of hydrogen-bond acceptors (Lipinski definition) is 7. The van der Waals surface area contributed by atoms with E-state index >= 15 is 0 Å². The summed E-state index contributed by atoms with van der Waals surface area (Å²) in [5.74, 6) is 0.442. The number of nitrogens with one attached hydrogen (secondary N) is 1. The molecule has 1 N–H and O–H groups in total. The Labute approximate surface area is 183 Å². The maximum atomic E-state index is 12.5. The summed E-state index contributed by atoms with van der Waals surface area (Å²) in [6, 6.07) is 8.00. The van der Waals surface area contributed by atoms with Crippen molar-refractivity contribution in [3.63, 3.8) is 0 Å². The van der Waals surface area contributed by atoms with Crippen molar-refractivity contribution in [1.82, 2.24) is 0 Å². The largest absolute Gasteiger partial charge is 0.493 e. The lowest BCUT2D eigenvalue weighted by atomic mass is 10.1. The molecule has 0 spiro atoms. The monoisotopic (exact) mass is 445 g/mol. The molecule has 0 aliphatic rings. The van der Waals surface area contributed by atoms with Crippen LogP contribution in [0, 0.1) is 0 Å². The van der Waals surface area contributed by atoms with Crippen molar-refractivity contribution in [2.24, 2.45) is 0 Å². The molecule has 0 fully saturated rings. The number of carbonyl (C=O) groups excluding carboxylic acids is 2. The fourth-order valence-corrected chi connectivity index (χ4v) is 3.15. The normalized spacial score (nSPS) is 10.9. The van der Waals surface area contributed by atoms with E-state index in [1.54, 1.807) is 18.2 Å². The van der Waals surface area contributed by atoms with Gasteiger partial charge in [0, 0.05) is 34.7 Å². The molecule has 0 radical (unpaired) electrons. The quantitative estimate of drug-likeness (QED) is 0.421. The molecule has 0 saturated carbocycles. The smallest absolute Gasteiger partial charge is 0.340 e. The van der Waals surface area contributed by atoms with Crippen LogP contribution in [0.3, 0.4) is 0 Å². The molecule has 0 saturated heterocycles. The van der Waals surface area contributed by atoms with E-state index < -0.39 is 11.9 Å². The predicted molar refractivity (Wildman–Crippen MR) is 116 cm³/mol. The first-order valence-corrected chi connectivity index (χ1v) is 9.38. The summed E-state index contributed by atoms with van der Waals surface area (Å²) in [4.78, 5) is 24.6. The summed E-state index contributed by atoms with van der Waals surface area (Å²) in [6.07, 6.45) is 2.75. The standard InChI is InChI=1S/C22H20ClNO7/c1-27-17-10-15(22(26)30-4)16(11-18(17)28-2)24-20(25)6-5-14-8-12-7-13(23)9-19(29-3)21(12)31-14/h5-11H,1-4H3,(H,24,25)/b6-5+. The van der Waals surface area contributed by atoms with E-state index in [0.717, 1.165) is 5.39 Å². The molecule has 3 aromatic rings. The second kappa shape index (κ2) is 9.44. The molecule has 0 aliphatic heterocycles. The Hall–Kier alpha value is -3.65. The molecule has 0 aliphatic carbocycles. The van der Waals surface area contributed by atoms with E-state index in [4.69, 9.17) is 35.0 Å². The van der Waals surface area contributed by atoms with Crippen molar-refractivity contribution < 1.29 is 33.0 Å². The molecule has 162 valence electrons. The third-order valence-electron chi connectivity index (χ3n) is 4.37. The van der Waals surface area contributed by atoms with Gasteiger partial charge in [-0.15, -0.1) is 0 Å². The summed E-state index contributed by atoms with van der Waals surface area (Å²) in [6.45, 7) is 0. The second-order valence-corrected chi connectivity index (χ2v) is 6.68. The third kappa shape index (κ3) is 4.75. The maximum absolute atomic E-state index is 12.5. The number of carbonyl (C=O) groups is 2. The Kier molecular flexibility index (Phi) is 6.71. The summed E-state index contributed by atoms with van der Waals surface area (Å²) in [7, 11) is 5.64. The van der Waals surface area contributed by atoms with Gasteiger partial charge >= 0.3 is 5.97 Å². The SMILES string of the molecule is COC(=O)c1cc(OC)c(OC)cc1NC(=O)/C=C/c1cc2cc(Cl)cc(OC)c2o1. The number of amides is 1. The maximum Gasteiger partial charge on any atom is 0.340 e. The zero-order valence-corrected chi connectivity index (χ0v) is 18.0. The van der Waals surface area contributed by atoms with Crippen LogP contribution in [0.2, 0.25) is 5.02 Å². The van der Waals surface area contributed by atoms with E-state index in [0.29, 0.717) is 33.6 Å². The summed E-state index contributed by atoms with van der Waals surface area (Å²) in [5, 5.41) is 3.87. The predicted octanol–water partition coefficient (Wildman–Crippen LogP) is 4.55. The molecule has 0 bridgehead atoms. The summed E-state index contributed by atoms with van der Waals surface area (Å²) < 4.78 is 26.2. The highest BCUT2D eigenvalue weighted by atomic mass is 35.5. The van der Waals surface area contributed by atoms with Crippen molar-refractivity contribution in [1.29, 1.82) is 0 Å². The number of rotatable bonds is 7. The van der Waals surface area contributed by atoms with Gasteiger partial charge in [0.2, 0.25) is 5.91 Å². The number of fused-ring (bicyclic) bond motifs is 1. The minimum absolute atomic E-state index is 0.116. The van der Waals surface area contributed by atoms with Crippen LogP contribution in [-0.4, -0.2) is 40.3 Å². The van der Waals surface area contributed by atoms with Gasteiger partial charge in [-0.3, -0.25) is 4.79 Å². The number of methoxy groups -OCH3 is 4. The van der Waals surface area contributed by atoms with Crippen molar-refractivity contribution in [3.8, 4) is 17.2 Å². The van der Waals surface area contributed by atoms with Gasteiger partial charge in [-0.1, -0.05) is 11.6 Å². The number of hydrogen-bond donors (Lipinski definition) is 1. The summed E-state index contributed by atoms with van der Waals surface area (Å²) >= 11 is 6.07. The fraction of sp³-hybridized carbons (Fsp3) is 0.182. The number of benzene rings is 2. The van der Waals surface area contributed by atoms with Crippen LogP contribution < -0.4 is 19.5 Å². The van der Waals surface area contributed by atoms with Crippen LogP contribution in [-0.2, 0) is 9.53 Å². The lowest BCUT2D eigenvalue weighted by molar-refractivity contribution is -0.111. The Bertz CT molecular complexity index is 1170. The molecule has 3 rings (SSSR count). The van der Waals surface area contributed by atoms with Crippen molar-refractivity contribution in [2.45, 2.75) is 0 Å². The first-order valence-electron chi connectivity index (χ1n) is 9.00. The number of halogens is 1. The Morgan fingerprint density at radius 1 is 0.935 bits per heavy atom. The van der Waals surface area contributed by atoms with Gasteiger partial charge in [0.1, 0.15) is 5.76 Å². The Morgan fingerprint density at radius 3 is 2.26 bits per heavy atom. The van der Waals surface area contributed by atoms with Crippen LogP contribution >= 0.6 is 11.6 Å². The molecule has 2 aromatic carbocycles. The van der Waals surface area contributed by atoms with Gasteiger partial charge in [0.05, 0.1) is 39.7 Å². The molecule has 1 aromatic heterocycles. The molecule has 1 amide bonds. The van der Waals surface area contributed by atoms with Gasteiger partial charge in [-0.25, -0.2) is 4.79 Å².